The lowest BCUT2D eigenvalue weighted by molar-refractivity contribution is -0.366. The fourth-order valence-electron chi connectivity index (χ4n) is 13.0. The van der Waals surface area contributed by atoms with Crippen LogP contribution in [-0.2, 0) is 18.9 Å². The van der Waals surface area contributed by atoms with Gasteiger partial charge in [-0.15, -0.1) is 0 Å². The third-order valence-electron chi connectivity index (χ3n) is 16.9. The summed E-state index contributed by atoms with van der Waals surface area (Å²) < 4.78 is 24.0. The smallest absolute Gasteiger partial charge is 0.187 e. The number of hydrogen-bond donors (Lipinski definition) is 9. The van der Waals surface area contributed by atoms with E-state index < -0.39 is 91.1 Å². The van der Waals surface area contributed by atoms with E-state index in [1.165, 1.54) is 11.1 Å². The third-order valence-corrected chi connectivity index (χ3v) is 16.9. The van der Waals surface area contributed by atoms with Crippen LogP contribution in [0.3, 0.4) is 0 Å². The van der Waals surface area contributed by atoms with Gasteiger partial charge in [0, 0.05) is 16.2 Å². The summed E-state index contributed by atoms with van der Waals surface area (Å²) in [7, 11) is 0. The van der Waals surface area contributed by atoms with E-state index in [4.69, 9.17) is 18.9 Å². The van der Waals surface area contributed by atoms with Crippen molar-refractivity contribution >= 4 is 0 Å². The molecule has 0 aromatic heterocycles. The summed E-state index contributed by atoms with van der Waals surface area (Å²) in [5.74, 6) is 0.0727. The maximum atomic E-state index is 12.0. The van der Waals surface area contributed by atoms with E-state index in [1.54, 1.807) is 6.92 Å². The Bertz CT molecular complexity index is 1500. The average Bonchev–Trinajstić information content (AvgIpc) is 3.13. The summed E-state index contributed by atoms with van der Waals surface area (Å²) in [6.07, 6.45) is -4.66. The molecule has 0 bridgehead atoms. The Morgan fingerprint density at radius 2 is 1.38 bits per heavy atom. The molecule has 55 heavy (non-hydrogen) atoms. The summed E-state index contributed by atoms with van der Waals surface area (Å²) in [6, 6.07) is 0. The zero-order valence-electron chi connectivity index (χ0n) is 33.7. The molecule has 0 aromatic carbocycles. The molecule has 7 rings (SSSR count). The van der Waals surface area contributed by atoms with Crippen LogP contribution in [0, 0.1) is 44.3 Å². The molecule has 7 aliphatic rings. The number of rotatable bonds is 7. The number of fused-ring (bicyclic) bond motifs is 7. The molecule has 2 aliphatic heterocycles. The van der Waals surface area contributed by atoms with Gasteiger partial charge in [0.2, 0.25) is 0 Å². The molecule has 0 radical (unpaired) electrons. The Balaban J connectivity index is 1.15. The second-order valence-electron chi connectivity index (χ2n) is 20.2. The normalized spacial score (nSPS) is 54.9. The second-order valence-corrected chi connectivity index (χ2v) is 20.2. The van der Waals surface area contributed by atoms with Gasteiger partial charge in [0.05, 0.1) is 38.1 Å². The van der Waals surface area contributed by atoms with Crippen molar-refractivity contribution in [3.05, 3.63) is 23.3 Å². The summed E-state index contributed by atoms with van der Waals surface area (Å²) in [4.78, 5) is 0. The minimum Gasteiger partial charge on any atom is -0.396 e. The molecular formula is C42H68O13. The molecule has 0 unspecified atom stereocenters. The topological polar surface area (TPSA) is 219 Å². The molecule has 2 heterocycles. The van der Waals surface area contributed by atoms with Gasteiger partial charge >= 0.3 is 0 Å². The van der Waals surface area contributed by atoms with Crippen molar-refractivity contribution in [3.63, 3.8) is 0 Å². The van der Waals surface area contributed by atoms with Gasteiger partial charge < -0.3 is 64.9 Å². The lowest BCUT2D eigenvalue weighted by Crippen LogP contribution is -2.66. The highest BCUT2D eigenvalue weighted by Gasteiger charge is 2.69. The molecule has 13 heteroatoms. The van der Waals surface area contributed by atoms with Crippen LogP contribution in [0.1, 0.15) is 99.8 Å². The monoisotopic (exact) mass is 780 g/mol. The number of ether oxygens (including phenoxy) is 4. The van der Waals surface area contributed by atoms with E-state index >= 15 is 0 Å². The lowest BCUT2D eigenvalue weighted by Gasteiger charge is -2.69. The minimum atomic E-state index is -1.73. The van der Waals surface area contributed by atoms with Crippen LogP contribution in [0.15, 0.2) is 23.3 Å². The summed E-state index contributed by atoms with van der Waals surface area (Å²) in [6.45, 7) is 14.4. The fourth-order valence-corrected chi connectivity index (χ4v) is 13.0. The predicted octanol–water partition coefficient (Wildman–Crippen LogP) is 1.68. The highest BCUT2D eigenvalue weighted by Crippen LogP contribution is 2.74. The van der Waals surface area contributed by atoms with Gasteiger partial charge in [-0.3, -0.25) is 0 Å². The highest BCUT2D eigenvalue weighted by atomic mass is 16.7. The second kappa shape index (κ2) is 14.3. The third kappa shape index (κ3) is 6.12. The molecule has 4 saturated carbocycles. The Morgan fingerprint density at radius 1 is 0.691 bits per heavy atom. The van der Waals surface area contributed by atoms with Gasteiger partial charge in [-0.2, -0.15) is 0 Å². The first-order valence-corrected chi connectivity index (χ1v) is 20.6. The van der Waals surface area contributed by atoms with E-state index in [9.17, 15) is 46.0 Å². The van der Waals surface area contributed by atoms with Crippen molar-refractivity contribution in [1.29, 1.82) is 0 Å². The molecule has 0 spiro atoms. The summed E-state index contributed by atoms with van der Waals surface area (Å²) in [5.41, 5.74) is 0.594. The van der Waals surface area contributed by atoms with Gasteiger partial charge in [-0.1, -0.05) is 64.8 Å². The molecule has 9 N–H and O–H groups in total. The Hall–Kier alpha value is -1.04. The molecule has 2 saturated heterocycles. The molecule has 13 nitrogen and oxygen atoms in total. The lowest BCUT2D eigenvalue weighted by atomic mass is 9.35. The average molecular weight is 781 g/mol. The quantitative estimate of drug-likeness (QED) is 0.168. The molecule has 0 amide bonds. The van der Waals surface area contributed by atoms with Crippen LogP contribution in [0.5, 0.6) is 0 Å². The minimum absolute atomic E-state index is 0.00908. The van der Waals surface area contributed by atoms with Crippen LogP contribution in [0.25, 0.3) is 0 Å². The van der Waals surface area contributed by atoms with Gasteiger partial charge in [0.25, 0.3) is 0 Å². The maximum Gasteiger partial charge on any atom is 0.187 e. The highest BCUT2D eigenvalue weighted by molar-refractivity contribution is 5.46. The summed E-state index contributed by atoms with van der Waals surface area (Å²) >= 11 is 0. The fraction of sp³-hybridized carbons (Fsp3) is 0.905. The van der Waals surface area contributed by atoms with Crippen LogP contribution in [-0.4, -0.2) is 139 Å². The first-order chi connectivity index (χ1) is 25.7. The van der Waals surface area contributed by atoms with Crippen molar-refractivity contribution in [2.75, 3.05) is 19.8 Å². The Morgan fingerprint density at radius 3 is 2.04 bits per heavy atom. The van der Waals surface area contributed by atoms with Crippen molar-refractivity contribution in [1.82, 2.24) is 0 Å². The van der Waals surface area contributed by atoms with Crippen molar-refractivity contribution in [2.24, 2.45) is 44.3 Å². The Kier molecular flexibility index (Phi) is 11.0. The molecule has 19 atom stereocenters. The zero-order chi connectivity index (χ0) is 40.3. The number of aliphatic hydroxyl groups is 9. The van der Waals surface area contributed by atoms with E-state index in [1.807, 2.05) is 6.92 Å². The van der Waals surface area contributed by atoms with Gasteiger partial charge in [0.1, 0.15) is 42.7 Å². The molecule has 0 aromatic rings. The van der Waals surface area contributed by atoms with E-state index in [0.29, 0.717) is 12.8 Å². The van der Waals surface area contributed by atoms with Gasteiger partial charge in [-0.25, -0.2) is 0 Å². The van der Waals surface area contributed by atoms with Gasteiger partial charge in [-0.05, 0) is 86.4 Å². The van der Waals surface area contributed by atoms with E-state index in [-0.39, 0.29) is 46.7 Å². The first-order valence-electron chi connectivity index (χ1n) is 20.6. The largest absolute Gasteiger partial charge is 0.396 e. The van der Waals surface area contributed by atoms with Crippen molar-refractivity contribution in [2.45, 2.75) is 173 Å². The van der Waals surface area contributed by atoms with Crippen LogP contribution in [0.4, 0.5) is 0 Å². The summed E-state index contributed by atoms with van der Waals surface area (Å²) in [5, 5.41) is 97.6. The van der Waals surface area contributed by atoms with Crippen LogP contribution < -0.4 is 0 Å². The standard InChI is InChI=1S/C42H68O13/c1-21-29(47)34(55-35-32(50)31(49)30(48)24(18-43)53-35)33(51)36(52-21)54-28-11-12-38(4)25(39(28,5)19-44)10-13-40(6)26(38)9-8-22-23-16-37(2,3)14-15-42(23,20-45)27(46)17-41(22,40)7/h8-9,21,23-25,27-36,43-51H,10-20H2,1-7H3/t21-,23+,24-,25-,27+,28+,29+,30-,31+,32-,33-,34+,35+,36+,38+,39+,40-,41-,42-/m1/s1. The maximum absolute atomic E-state index is 12.0. The molecule has 5 aliphatic carbocycles. The van der Waals surface area contributed by atoms with Crippen molar-refractivity contribution < 1.29 is 64.9 Å². The Labute approximate surface area is 325 Å². The molecule has 6 fully saturated rings. The van der Waals surface area contributed by atoms with Crippen LogP contribution in [0.2, 0.25) is 0 Å². The van der Waals surface area contributed by atoms with Crippen LogP contribution >= 0.6 is 0 Å². The number of allylic oxidation sites excluding steroid dienone is 4. The molecule has 314 valence electrons. The van der Waals surface area contributed by atoms with E-state index in [0.717, 1.165) is 38.5 Å². The molecular weight excluding hydrogens is 712 g/mol. The number of hydrogen-bond acceptors (Lipinski definition) is 13. The number of aliphatic hydroxyl groups excluding tert-OH is 9. The SMILES string of the molecule is C[C@H]1O[C@@H](O[C@H]2CC[C@]3(C)C4=CC=C5[C@@H]6CC(C)(C)CC[C@]6(CO)[C@@H](O)C[C@@]5(C)[C@]4(C)CC[C@H]3[C@]2(C)CO)[C@H](O)[C@@H](O[C@@H]2O[C@H](CO)[C@@H](O)[C@H](O)[C@H]2O)[C@H]1O. The van der Waals surface area contributed by atoms with Crippen molar-refractivity contribution in [3.8, 4) is 0 Å². The van der Waals surface area contributed by atoms with Gasteiger partial charge in [0.15, 0.2) is 12.6 Å². The van der Waals surface area contributed by atoms with E-state index in [2.05, 4.69) is 46.8 Å². The first kappa shape index (κ1) is 42.1. The zero-order valence-corrected chi connectivity index (χ0v) is 33.7. The predicted molar refractivity (Wildman–Crippen MR) is 199 cm³/mol.